The van der Waals surface area contributed by atoms with Crippen LogP contribution in [0.3, 0.4) is 0 Å². The summed E-state index contributed by atoms with van der Waals surface area (Å²) in [5.41, 5.74) is 1.94. The van der Waals surface area contributed by atoms with Crippen molar-refractivity contribution >= 4 is 12.4 Å². The van der Waals surface area contributed by atoms with Gasteiger partial charge in [-0.2, -0.15) is 0 Å². The molecule has 0 aliphatic rings. The van der Waals surface area contributed by atoms with E-state index in [1.165, 1.54) is 0 Å². The normalized spacial score (nSPS) is 10.5. The SMILES string of the molecule is O=CCC=Cc1ccc(CO)cc1. The summed E-state index contributed by atoms with van der Waals surface area (Å²) in [6.07, 6.45) is 5.00. The Kier molecular flexibility index (Phi) is 3.93. The number of allylic oxidation sites excluding steroid dienone is 1. The van der Waals surface area contributed by atoms with Gasteiger partial charge in [0.25, 0.3) is 0 Å². The van der Waals surface area contributed by atoms with E-state index in [4.69, 9.17) is 5.11 Å². The Morgan fingerprint density at radius 2 is 1.92 bits per heavy atom. The van der Waals surface area contributed by atoms with Gasteiger partial charge in [0.15, 0.2) is 0 Å². The molecule has 2 nitrogen and oxygen atoms in total. The maximum atomic E-state index is 10.0. The highest BCUT2D eigenvalue weighted by Crippen LogP contribution is 2.06. The molecule has 0 aliphatic carbocycles. The smallest absolute Gasteiger partial charge is 0.123 e. The Labute approximate surface area is 77.5 Å². The third kappa shape index (κ3) is 3.22. The standard InChI is InChI=1S/C11H12O2/c12-8-2-1-3-10-4-6-11(9-13)7-5-10/h1,3-8,13H,2,9H2. The predicted molar refractivity (Wildman–Crippen MR) is 52.1 cm³/mol. The Hall–Kier alpha value is -1.41. The first-order valence-electron chi connectivity index (χ1n) is 4.17. The van der Waals surface area contributed by atoms with Crippen LogP contribution in [0.1, 0.15) is 17.5 Å². The molecule has 13 heavy (non-hydrogen) atoms. The van der Waals surface area contributed by atoms with Crippen LogP contribution >= 0.6 is 0 Å². The minimum absolute atomic E-state index is 0.0678. The number of hydrogen-bond donors (Lipinski definition) is 1. The topological polar surface area (TPSA) is 37.3 Å². The van der Waals surface area contributed by atoms with Crippen molar-refractivity contribution in [2.75, 3.05) is 0 Å². The van der Waals surface area contributed by atoms with E-state index in [-0.39, 0.29) is 6.61 Å². The van der Waals surface area contributed by atoms with Gasteiger partial charge in [0.05, 0.1) is 6.61 Å². The van der Waals surface area contributed by atoms with Gasteiger partial charge in [-0.25, -0.2) is 0 Å². The zero-order valence-corrected chi connectivity index (χ0v) is 7.31. The van der Waals surface area contributed by atoms with E-state index in [9.17, 15) is 4.79 Å². The Morgan fingerprint density at radius 1 is 1.23 bits per heavy atom. The number of benzene rings is 1. The zero-order valence-electron chi connectivity index (χ0n) is 7.31. The lowest BCUT2D eigenvalue weighted by Gasteiger charge is -1.95. The molecule has 0 spiro atoms. The minimum atomic E-state index is 0.0678. The summed E-state index contributed by atoms with van der Waals surface area (Å²) in [4.78, 5) is 10.0. The highest BCUT2D eigenvalue weighted by molar-refractivity contribution is 5.57. The molecule has 1 aromatic rings. The van der Waals surface area contributed by atoms with Crippen LogP contribution in [-0.2, 0) is 11.4 Å². The number of rotatable bonds is 4. The molecule has 2 heteroatoms. The van der Waals surface area contributed by atoms with Crippen LogP contribution in [0, 0.1) is 0 Å². The van der Waals surface area contributed by atoms with Crippen LogP contribution in [0.4, 0.5) is 0 Å². The number of carbonyl (C=O) groups is 1. The maximum absolute atomic E-state index is 10.0. The molecule has 0 bridgehead atoms. The fourth-order valence-corrected chi connectivity index (χ4v) is 0.994. The van der Waals surface area contributed by atoms with Crippen molar-refractivity contribution in [2.45, 2.75) is 13.0 Å². The van der Waals surface area contributed by atoms with Crippen LogP contribution < -0.4 is 0 Å². The second-order valence-corrected chi connectivity index (χ2v) is 2.70. The van der Waals surface area contributed by atoms with Gasteiger partial charge in [0.1, 0.15) is 6.29 Å². The van der Waals surface area contributed by atoms with E-state index in [0.717, 1.165) is 17.4 Å². The second-order valence-electron chi connectivity index (χ2n) is 2.70. The summed E-state index contributed by atoms with van der Waals surface area (Å²) in [5.74, 6) is 0. The molecule has 0 atom stereocenters. The van der Waals surface area contributed by atoms with Gasteiger partial charge in [-0.05, 0) is 11.1 Å². The largest absolute Gasteiger partial charge is 0.392 e. The summed E-state index contributed by atoms with van der Waals surface area (Å²) in [6, 6.07) is 7.54. The molecule has 68 valence electrons. The lowest BCUT2D eigenvalue weighted by Crippen LogP contribution is -1.81. The molecule has 0 aliphatic heterocycles. The summed E-state index contributed by atoms with van der Waals surface area (Å²) >= 11 is 0. The minimum Gasteiger partial charge on any atom is -0.392 e. The summed E-state index contributed by atoms with van der Waals surface area (Å²) in [6.45, 7) is 0.0678. The second kappa shape index (κ2) is 5.27. The molecule has 0 radical (unpaired) electrons. The summed E-state index contributed by atoms with van der Waals surface area (Å²) in [7, 11) is 0. The van der Waals surface area contributed by atoms with E-state index < -0.39 is 0 Å². The highest BCUT2D eigenvalue weighted by Gasteiger charge is 1.88. The summed E-state index contributed by atoms with van der Waals surface area (Å²) in [5, 5.41) is 8.78. The molecule has 0 unspecified atom stereocenters. The monoisotopic (exact) mass is 176 g/mol. The van der Waals surface area contributed by atoms with Crippen molar-refractivity contribution in [1.29, 1.82) is 0 Å². The first kappa shape index (κ1) is 9.68. The van der Waals surface area contributed by atoms with Crippen molar-refractivity contribution in [3.63, 3.8) is 0 Å². The fraction of sp³-hybridized carbons (Fsp3) is 0.182. The molecule has 1 N–H and O–H groups in total. The van der Waals surface area contributed by atoms with E-state index in [1.54, 1.807) is 6.08 Å². The number of aldehydes is 1. The van der Waals surface area contributed by atoms with Crippen LogP contribution in [-0.4, -0.2) is 11.4 Å². The maximum Gasteiger partial charge on any atom is 0.123 e. The number of hydrogen-bond acceptors (Lipinski definition) is 2. The quantitative estimate of drug-likeness (QED) is 0.710. The van der Waals surface area contributed by atoms with Crippen LogP contribution in [0.25, 0.3) is 6.08 Å². The van der Waals surface area contributed by atoms with E-state index in [1.807, 2.05) is 30.3 Å². The average Bonchev–Trinajstić information content (AvgIpc) is 2.19. The van der Waals surface area contributed by atoms with Crippen LogP contribution in [0.5, 0.6) is 0 Å². The Morgan fingerprint density at radius 3 is 2.46 bits per heavy atom. The Balaban J connectivity index is 2.63. The molecule has 0 saturated heterocycles. The van der Waals surface area contributed by atoms with Gasteiger partial charge >= 0.3 is 0 Å². The predicted octanol–water partition coefficient (Wildman–Crippen LogP) is 1.78. The third-order valence-electron chi connectivity index (χ3n) is 1.70. The first-order chi connectivity index (χ1) is 6.36. The molecule has 1 aromatic carbocycles. The lowest BCUT2D eigenvalue weighted by atomic mass is 10.1. The van der Waals surface area contributed by atoms with Crippen molar-refractivity contribution in [3.05, 3.63) is 41.5 Å². The molecule has 0 saturated carbocycles. The summed E-state index contributed by atoms with van der Waals surface area (Å²) < 4.78 is 0. The first-order valence-corrected chi connectivity index (χ1v) is 4.17. The molecule has 0 heterocycles. The lowest BCUT2D eigenvalue weighted by molar-refractivity contribution is -0.107. The van der Waals surface area contributed by atoms with Gasteiger partial charge < -0.3 is 9.90 Å². The van der Waals surface area contributed by atoms with E-state index in [0.29, 0.717) is 6.42 Å². The zero-order chi connectivity index (χ0) is 9.52. The average molecular weight is 176 g/mol. The van der Waals surface area contributed by atoms with Gasteiger partial charge in [0, 0.05) is 6.42 Å². The van der Waals surface area contributed by atoms with Crippen molar-refractivity contribution in [3.8, 4) is 0 Å². The third-order valence-corrected chi connectivity index (χ3v) is 1.70. The van der Waals surface area contributed by atoms with Crippen LogP contribution in [0.15, 0.2) is 30.3 Å². The number of aliphatic hydroxyl groups is 1. The van der Waals surface area contributed by atoms with Crippen molar-refractivity contribution in [1.82, 2.24) is 0 Å². The van der Waals surface area contributed by atoms with Gasteiger partial charge in [0.2, 0.25) is 0 Å². The molecular weight excluding hydrogens is 164 g/mol. The van der Waals surface area contributed by atoms with E-state index in [2.05, 4.69) is 0 Å². The molecule has 0 aromatic heterocycles. The number of aliphatic hydroxyl groups excluding tert-OH is 1. The molecular formula is C11H12O2. The molecule has 0 fully saturated rings. The highest BCUT2D eigenvalue weighted by atomic mass is 16.3. The number of carbonyl (C=O) groups excluding carboxylic acids is 1. The van der Waals surface area contributed by atoms with Gasteiger partial charge in [-0.3, -0.25) is 0 Å². The van der Waals surface area contributed by atoms with E-state index >= 15 is 0 Å². The van der Waals surface area contributed by atoms with Crippen molar-refractivity contribution < 1.29 is 9.90 Å². The van der Waals surface area contributed by atoms with Gasteiger partial charge in [-0.1, -0.05) is 36.4 Å². The van der Waals surface area contributed by atoms with Crippen molar-refractivity contribution in [2.24, 2.45) is 0 Å². The Bertz CT molecular complexity index is 285. The van der Waals surface area contributed by atoms with Crippen LogP contribution in [0.2, 0.25) is 0 Å². The molecule has 0 amide bonds. The van der Waals surface area contributed by atoms with Gasteiger partial charge in [-0.15, -0.1) is 0 Å². The fourth-order valence-electron chi connectivity index (χ4n) is 0.994. The molecule has 1 rings (SSSR count).